The van der Waals surface area contributed by atoms with Gasteiger partial charge in [0.2, 0.25) is 5.91 Å². The normalized spacial score (nSPS) is 10.6. The molecule has 2 N–H and O–H groups in total. The zero-order chi connectivity index (χ0) is 15.4. The van der Waals surface area contributed by atoms with Gasteiger partial charge in [0.1, 0.15) is 5.01 Å². The van der Waals surface area contributed by atoms with Gasteiger partial charge >= 0.3 is 0 Å². The zero-order valence-electron chi connectivity index (χ0n) is 12.4. The molecule has 0 unspecified atom stereocenters. The predicted octanol–water partition coefficient (Wildman–Crippen LogP) is 2.96. The van der Waals surface area contributed by atoms with Crippen LogP contribution in [0.5, 0.6) is 0 Å². The van der Waals surface area contributed by atoms with E-state index >= 15 is 0 Å². The molecule has 21 heavy (non-hydrogen) atoms. The molecule has 0 aliphatic rings. The molecule has 0 saturated carbocycles. The molecule has 0 fully saturated rings. The van der Waals surface area contributed by atoms with Crippen LogP contribution in [-0.2, 0) is 17.0 Å². The minimum atomic E-state index is 0.0754. The van der Waals surface area contributed by atoms with E-state index in [0.717, 1.165) is 32.6 Å². The number of aromatic nitrogens is 1. The number of benzene rings is 1. The van der Waals surface area contributed by atoms with Crippen LogP contribution in [0.25, 0.3) is 0 Å². The number of carbonyl (C=O) groups is 1. The van der Waals surface area contributed by atoms with Crippen LogP contribution in [0.2, 0.25) is 0 Å². The van der Waals surface area contributed by atoms with Gasteiger partial charge in [-0.05, 0) is 18.6 Å². The summed E-state index contributed by atoms with van der Waals surface area (Å²) in [6.45, 7) is 2.01. The van der Waals surface area contributed by atoms with Gasteiger partial charge in [0.25, 0.3) is 0 Å². The van der Waals surface area contributed by atoms with Gasteiger partial charge in [0.05, 0.1) is 12.1 Å². The van der Waals surface area contributed by atoms with Crippen molar-refractivity contribution in [3.05, 3.63) is 39.8 Å². The Balaban J connectivity index is 1.97. The van der Waals surface area contributed by atoms with Gasteiger partial charge < -0.3 is 10.6 Å². The Morgan fingerprint density at radius 2 is 2.19 bits per heavy atom. The van der Waals surface area contributed by atoms with Crippen LogP contribution in [0.3, 0.4) is 0 Å². The lowest BCUT2D eigenvalue weighted by Gasteiger charge is -2.08. The number of hydrogen-bond donors (Lipinski definition) is 1. The fourth-order valence-electron chi connectivity index (χ4n) is 1.72. The Morgan fingerprint density at radius 1 is 1.43 bits per heavy atom. The lowest BCUT2D eigenvalue weighted by Crippen LogP contribution is -2.23. The predicted molar refractivity (Wildman–Crippen MR) is 89.7 cm³/mol. The van der Waals surface area contributed by atoms with Crippen molar-refractivity contribution in [2.75, 3.05) is 19.8 Å². The Morgan fingerprint density at radius 3 is 2.90 bits per heavy atom. The van der Waals surface area contributed by atoms with Crippen LogP contribution in [0.1, 0.15) is 16.3 Å². The van der Waals surface area contributed by atoms with E-state index in [4.69, 9.17) is 5.73 Å². The monoisotopic (exact) mass is 321 g/mol. The summed E-state index contributed by atoms with van der Waals surface area (Å²) >= 11 is 3.21. The van der Waals surface area contributed by atoms with E-state index in [-0.39, 0.29) is 5.91 Å². The lowest BCUT2D eigenvalue weighted by atomic mass is 10.2. The second-order valence-corrected chi connectivity index (χ2v) is 6.93. The Labute approximate surface area is 133 Å². The van der Waals surface area contributed by atoms with Crippen molar-refractivity contribution in [1.82, 2.24) is 9.88 Å². The zero-order valence-corrected chi connectivity index (χ0v) is 14.1. The molecule has 0 bridgehead atoms. The van der Waals surface area contributed by atoms with E-state index in [1.54, 1.807) is 30.8 Å². The molecule has 1 aromatic heterocycles. The number of amides is 1. The van der Waals surface area contributed by atoms with Gasteiger partial charge in [-0.1, -0.05) is 12.1 Å². The number of hydrogen-bond acceptors (Lipinski definition) is 5. The summed E-state index contributed by atoms with van der Waals surface area (Å²) in [5.74, 6) is 0.840. The van der Waals surface area contributed by atoms with Crippen molar-refractivity contribution >= 4 is 34.7 Å². The van der Waals surface area contributed by atoms with E-state index in [2.05, 4.69) is 4.98 Å². The van der Waals surface area contributed by atoms with Crippen LogP contribution < -0.4 is 5.73 Å². The highest BCUT2D eigenvalue weighted by Gasteiger charge is 2.10. The fourth-order valence-corrected chi connectivity index (χ4v) is 3.55. The first-order chi connectivity index (χ1) is 9.97. The Bertz CT molecular complexity index is 638. The molecule has 0 aliphatic carbocycles. The average Bonchev–Trinajstić information content (AvgIpc) is 2.88. The molecule has 1 heterocycles. The maximum atomic E-state index is 11.7. The molecule has 112 valence electrons. The quantitative estimate of drug-likeness (QED) is 0.679. The summed E-state index contributed by atoms with van der Waals surface area (Å²) in [5.41, 5.74) is 8.98. The maximum absolute atomic E-state index is 11.7. The molecule has 0 atom stereocenters. The summed E-state index contributed by atoms with van der Waals surface area (Å²) in [6.07, 6.45) is 0.370. The molecule has 2 aromatic rings. The topological polar surface area (TPSA) is 59.2 Å². The Hall–Kier alpha value is -1.53. The van der Waals surface area contributed by atoms with Gasteiger partial charge in [-0.15, -0.1) is 23.1 Å². The van der Waals surface area contributed by atoms with E-state index in [0.29, 0.717) is 6.42 Å². The number of nitrogens with two attached hydrogens (primary N) is 1. The molecular formula is C15H19N3OS2. The maximum Gasteiger partial charge on any atom is 0.228 e. The standard InChI is InChI=1S/C15H19N3OS2/c1-10-5-4-6-12(15(10)16)20-8-11-9-21-13(17-11)7-14(19)18(2)3/h4-6,9H,7-8,16H2,1-3H3. The average molecular weight is 321 g/mol. The summed E-state index contributed by atoms with van der Waals surface area (Å²) in [6, 6.07) is 6.04. The van der Waals surface area contributed by atoms with Gasteiger partial charge in [-0.3, -0.25) is 4.79 Å². The SMILES string of the molecule is Cc1cccc(SCc2csc(CC(=O)N(C)C)n2)c1N. The second-order valence-electron chi connectivity index (χ2n) is 4.97. The highest BCUT2D eigenvalue weighted by molar-refractivity contribution is 7.98. The van der Waals surface area contributed by atoms with Crippen LogP contribution >= 0.6 is 23.1 Å². The number of aryl methyl sites for hydroxylation is 1. The van der Waals surface area contributed by atoms with Crippen molar-refractivity contribution in [3.8, 4) is 0 Å². The van der Waals surface area contributed by atoms with E-state index in [1.807, 2.05) is 30.5 Å². The highest BCUT2D eigenvalue weighted by atomic mass is 32.2. The third kappa shape index (κ3) is 4.22. The molecule has 0 radical (unpaired) electrons. The van der Waals surface area contributed by atoms with Crippen LogP contribution in [0.15, 0.2) is 28.5 Å². The number of nitrogen functional groups attached to an aromatic ring is 1. The molecule has 0 spiro atoms. The molecular weight excluding hydrogens is 302 g/mol. The van der Waals surface area contributed by atoms with E-state index < -0.39 is 0 Å². The summed E-state index contributed by atoms with van der Waals surface area (Å²) < 4.78 is 0. The molecule has 2 rings (SSSR count). The first-order valence-corrected chi connectivity index (χ1v) is 8.45. The number of likely N-dealkylation sites (N-methyl/N-ethyl adjacent to an activating group) is 1. The first kappa shape index (κ1) is 15.9. The van der Waals surface area contributed by atoms with E-state index in [1.165, 1.54) is 11.3 Å². The largest absolute Gasteiger partial charge is 0.398 e. The number of anilines is 1. The third-order valence-electron chi connectivity index (χ3n) is 3.06. The number of nitrogens with zero attached hydrogens (tertiary/aromatic N) is 2. The number of carbonyl (C=O) groups excluding carboxylic acids is 1. The number of thiazole rings is 1. The van der Waals surface area contributed by atoms with Crippen molar-refractivity contribution in [2.45, 2.75) is 24.0 Å². The van der Waals surface area contributed by atoms with Gasteiger partial charge in [0.15, 0.2) is 0 Å². The number of thioether (sulfide) groups is 1. The van der Waals surface area contributed by atoms with Gasteiger partial charge in [0, 0.05) is 35.8 Å². The minimum absolute atomic E-state index is 0.0754. The number of para-hydroxylation sites is 1. The molecule has 0 aliphatic heterocycles. The van der Waals surface area contributed by atoms with Crippen molar-refractivity contribution in [1.29, 1.82) is 0 Å². The molecule has 1 aromatic carbocycles. The Kier molecular flexibility index (Phi) is 5.25. The van der Waals surface area contributed by atoms with Crippen molar-refractivity contribution in [3.63, 3.8) is 0 Å². The van der Waals surface area contributed by atoms with Gasteiger partial charge in [-0.2, -0.15) is 0 Å². The summed E-state index contributed by atoms with van der Waals surface area (Å²) in [7, 11) is 3.51. The third-order valence-corrected chi connectivity index (χ3v) is 5.06. The minimum Gasteiger partial charge on any atom is -0.398 e. The molecule has 6 heteroatoms. The highest BCUT2D eigenvalue weighted by Crippen LogP contribution is 2.30. The van der Waals surface area contributed by atoms with Crippen LogP contribution in [0, 0.1) is 6.92 Å². The summed E-state index contributed by atoms with van der Waals surface area (Å²) in [4.78, 5) is 18.8. The molecule has 4 nitrogen and oxygen atoms in total. The molecule has 0 saturated heterocycles. The van der Waals surface area contributed by atoms with Crippen molar-refractivity contribution < 1.29 is 4.79 Å². The lowest BCUT2D eigenvalue weighted by molar-refractivity contribution is -0.127. The summed E-state index contributed by atoms with van der Waals surface area (Å²) in [5, 5.41) is 2.87. The van der Waals surface area contributed by atoms with Crippen molar-refractivity contribution in [2.24, 2.45) is 0 Å². The number of rotatable bonds is 5. The smallest absolute Gasteiger partial charge is 0.228 e. The fraction of sp³-hybridized carbons (Fsp3) is 0.333. The van der Waals surface area contributed by atoms with Crippen LogP contribution in [0.4, 0.5) is 5.69 Å². The second kappa shape index (κ2) is 6.95. The van der Waals surface area contributed by atoms with E-state index in [9.17, 15) is 4.79 Å². The first-order valence-electron chi connectivity index (χ1n) is 6.58. The van der Waals surface area contributed by atoms with Gasteiger partial charge in [-0.25, -0.2) is 4.98 Å². The van der Waals surface area contributed by atoms with Crippen LogP contribution in [-0.4, -0.2) is 29.9 Å². The molecule has 1 amide bonds.